The van der Waals surface area contributed by atoms with Crippen LogP contribution in [0.5, 0.6) is 5.75 Å². The molecule has 0 fully saturated rings. The molecule has 5 rings (SSSR count). The molecule has 0 aliphatic carbocycles. The molecule has 0 amide bonds. The Hall–Kier alpha value is -3.77. The third kappa shape index (κ3) is 4.56. The number of aryl methyl sites for hydroxylation is 1. The number of nitrogens with one attached hydrogen (secondary N) is 1. The predicted molar refractivity (Wildman–Crippen MR) is 136 cm³/mol. The molecule has 2 aromatic carbocycles. The van der Waals surface area contributed by atoms with E-state index in [-0.39, 0.29) is 0 Å². The molecule has 1 N–H and O–H groups in total. The van der Waals surface area contributed by atoms with Crippen molar-refractivity contribution in [3.8, 4) is 16.9 Å². The first-order chi connectivity index (χ1) is 16.2. The summed E-state index contributed by atoms with van der Waals surface area (Å²) in [5.41, 5.74) is 5.79. The Balaban J connectivity index is 1.45. The number of anilines is 2. The topological polar surface area (TPSA) is 59.9 Å². The van der Waals surface area contributed by atoms with Crippen LogP contribution in [-0.2, 0) is 6.42 Å². The number of thiophene rings is 1. The Kier molecular flexibility index (Phi) is 6.00. The van der Waals surface area contributed by atoms with Crippen LogP contribution in [0.25, 0.3) is 21.3 Å². The lowest BCUT2D eigenvalue weighted by Crippen LogP contribution is -1.96. The minimum atomic E-state index is 0.656. The maximum atomic E-state index is 5.61. The van der Waals surface area contributed by atoms with Crippen LogP contribution in [0.15, 0.2) is 79.4 Å². The van der Waals surface area contributed by atoms with Gasteiger partial charge in [-0.05, 0) is 73.4 Å². The van der Waals surface area contributed by atoms with E-state index in [4.69, 9.17) is 4.74 Å². The van der Waals surface area contributed by atoms with Gasteiger partial charge in [-0.2, -0.15) is 0 Å². The Morgan fingerprint density at radius 2 is 1.61 bits per heavy atom. The Labute approximate surface area is 197 Å². The van der Waals surface area contributed by atoms with Crippen molar-refractivity contribution in [2.45, 2.75) is 20.3 Å². The first-order valence-corrected chi connectivity index (χ1v) is 11.7. The van der Waals surface area contributed by atoms with Crippen LogP contribution in [0.4, 0.5) is 11.5 Å². The van der Waals surface area contributed by atoms with Gasteiger partial charge in [0, 0.05) is 28.5 Å². The van der Waals surface area contributed by atoms with Gasteiger partial charge in [0.1, 0.15) is 22.7 Å². The number of rotatable bonds is 7. The number of hydrogen-bond acceptors (Lipinski definition) is 6. The molecule has 0 saturated heterocycles. The van der Waals surface area contributed by atoms with Crippen molar-refractivity contribution in [2.75, 3.05) is 11.9 Å². The molecule has 0 aliphatic heterocycles. The summed E-state index contributed by atoms with van der Waals surface area (Å²) in [5.74, 6) is 1.69. The molecule has 5 nitrogen and oxygen atoms in total. The molecular weight excluding hydrogens is 428 g/mol. The van der Waals surface area contributed by atoms with Gasteiger partial charge in [0.15, 0.2) is 0 Å². The second kappa shape index (κ2) is 9.38. The van der Waals surface area contributed by atoms with E-state index < -0.39 is 0 Å². The summed E-state index contributed by atoms with van der Waals surface area (Å²) in [4.78, 5) is 15.4. The summed E-state index contributed by atoms with van der Waals surface area (Å²) in [6, 6.07) is 20.8. The Morgan fingerprint density at radius 3 is 2.33 bits per heavy atom. The Morgan fingerprint density at radius 1 is 0.879 bits per heavy atom. The molecule has 3 aromatic heterocycles. The highest BCUT2D eigenvalue weighted by Gasteiger charge is 2.17. The molecular formula is C27H24N4OS. The molecule has 0 saturated carbocycles. The molecule has 0 unspecified atom stereocenters. The van der Waals surface area contributed by atoms with Crippen LogP contribution < -0.4 is 10.1 Å². The summed E-state index contributed by atoms with van der Waals surface area (Å²) in [6.07, 6.45) is 6.17. The van der Waals surface area contributed by atoms with E-state index in [1.165, 1.54) is 16.0 Å². The average Bonchev–Trinajstić information content (AvgIpc) is 3.18. The second-order valence-electron chi connectivity index (χ2n) is 7.75. The molecule has 0 spiro atoms. The van der Waals surface area contributed by atoms with E-state index in [1.807, 2.05) is 43.6 Å². The summed E-state index contributed by atoms with van der Waals surface area (Å²) < 4.78 is 5.61. The SMILES string of the molecule is CCOc1ccc(-c2c(C)sc3ncnc(Nc4ccc(Cc5ccncc5)cc4)c23)cc1. The van der Waals surface area contributed by atoms with Crippen molar-refractivity contribution in [2.24, 2.45) is 0 Å². The quantitative estimate of drug-likeness (QED) is 0.294. The van der Waals surface area contributed by atoms with Gasteiger partial charge in [-0.15, -0.1) is 11.3 Å². The van der Waals surface area contributed by atoms with Crippen molar-refractivity contribution in [1.29, 1.82) is 0 Å². The molecule has 164 valence electrons. The van der Waals surface area contributed by atoms with Crippen LogP contribution in [0.1, 0.15) is 22.9 Å². The van der Waals surface area contributed by atoms with E-state index in [9.17, 15) is 0 Å². The number of hydrogen-bond donors (Lipinski definition) is 1. The minimum Gasteiger partial charge on any atom is -0.494 e. The normalized spacial score (nSPS) is 11.0. The lowest BCUT2D eigenvalue weighted by molar-refractivity contribution is 0.340. The summed E-state index contributed by atoms with van der Waals surface area (Å²) >= 11 is 1.69. The highest BCUT2D eigenvalue weighted by Crippen LogP contribution is 2.41. The summed E-state index contributed by atoms with van der Waals surface area (Å²) in [7, 11) is 0. The first-order valence-electron chi connectivity index (χ1n) is 10.9. The van der Waals surface area contributed by atoms with Gasteiger partial charge in [-0.3, -0.25) is 4.98 Å². The van der Waals surface area contributed by atoms with Gasteiger partial charge in [0.2, 0.25) is 0 Å². The standard InChI is InChI=1S/C27H24N4OS/c1-3-32-23-10-6-21(7-11-23)24-18(2)33-27-25(24)26(29-17-30-27)31-22-8-4-19(5-9-22)16-20-12-14-28-15-13-20/h4-15,17H,3,16H2,1-2H3,(H,29,30,31). The zero-order valence-corrected chi connectivity index (χ0v) is 19.4. The maximum absolute atomic E-state index is 5.61. The average molecular weight is 453 g/mol. The lowest BCUT2D eigenvalue weighted by atomic mass is 10.0. The van der Waals surface area contributed by atoms with E-state index in [0.717, 1.165) is 45.0 Å². The fourth-order valence-electron chi connectivity index (χ4n) is 3.95. The number of pyridine rings is 1. The number of benzene rings is 2. The fourth-order valence-corrected chi connectivity index (χ4v) is 4.96. The van der Waals surface area contributed by atoms with Crippen molar-refractivity contribution < 1.29 is 4.74 Å². The summed E-state index contributed by atoms with van der Waals surface area (Å²) in [5, 5.41) is 4.56. The third-order valence-electron chi connectivity index (χ3n) is 5.49. The van der Waals surface area contributed by atoms with Crippen molar-refractivity contribution in [3.63, 3.8) is 0 Å². The molecule has 33 heavy (non-hydrogen) atoms. The van der Waals surface area contributed by atoms with E-state index in [1.54, 1.807) is 17.7 Å². The molecule has 6 heteroatoms. The van der Waals surface area contributed by atoms with Crippen LogP contribution in [0, 0.1) is 6.92 Å². The zero-order valence-electron chi connectivity index (χ0n) is 18.6. The number of fused-ring (bicyclic) bond motifs is 1. The van der Waals surface area contributed by atoms with Gasteiger partial charge >= 0.3 is 0 Å². The molecule has 5 aromatic rings. The summed E-state index contributed by atoms with van der Waals surface area (Å²) in [6.45, 7) is 4.78. The predicted octanol–water partition coefficient (Wildman–Crippen LogP) is 6.79. The molecule has 0 atom stereocenters. The molecule has 0 bridgehead atoms. The second-order valence-corrected chi connectivity index (χ2v) is 8.95. The first kappa shape index (κ1) is 21.1. The van der Waals surface area contributed by atoms with Gasteiger partial charge in [0.05, 0.1) is 12.0 Å². The number of nitrogens with zero attached hydrogens (tertiary/aromatic N) is 3. The van der Waals surface area contributed by atoms with Crippen LogP contribution in [0.2, 0.25) is 0 Å². The van der Waals surface area contributed by atoms with Gasteiger partial charge < -0.3 is 10.1 Å². The zero-order chi connectivity index (χ0) is 22.6. The lowest BCUT2D eigenvalue weighted by Gasteiger charge is -2.10. The number of aromatic nitrogens is 3. The fraction of sp³-hybridized carbons (Fsp3) is 0.148. The van der Waals surface area contributed by atoms with Crippen LogP contribution >= 0.6 is 11.3 Å². The van der Waals surface area contributed by atoms with Gasteiger partial charge in [-0.1, -0.05) is 24.3 Å². The largest absolute Gasteiger partial charge is 0.494 e. The van der Waals surface area contributed by atoms with Crippen LogP contribution in [-0.4, -0.2) is 21.6 Å². The monoisotopic (exact) mass is 452 g/mol. The van der Waals surface area contributed by atoms with E-state index >= 15 is 0 Å². The molecule has 0 aliphatic rings. The highest BCUT2D eigenvalue weighted by atomic mass is 32.1. The van der Waals surface area contributed by atoms with Gasteiger partial charge in [0.25, 0.3) is 0 Å². The van der Waals surface area contributed by atoms with Gasteiger partial charge in [-0.25, -0.2) is 9.97 Å². The van der Waals surface area contributed by atoms with E-state index in [0.29, 0.717) is 6.61 Å². The van der Waals surface area contributed by atoms with Crippen molar-refractivity contribution in [1.82, 2.24) is 15.0 Å². The van der Waals surface area contributed by atoms with Crippen LogP contribution in [0.3, 0.4) is 0 Å². The Bertz CT molecular complexity index is 1360. The highest BCUT2D eigenvalue weighted by molar-refractivity contribution is 7.19. The minimum absolute atomic E-state index is 0.656. The van der Waals surface area contributed by atoms with E-state index in [2.05, 4.69) is 63.6 Å². The number of ether oxygens (including phenoxy) is 1. The molecule has 0 radical (unpaired) electrons. The van der Waals surface area contributed by atoms with Crippen molar-refractivity contribution in [3.05, 3.63) is 95.4 Å². The third-order valence-corrected chi connectivity index (χ3v) is 6.51. The maximum Gasteiger partial charge on any atom is 0.143 e. The molecule has 3 heterocycles. The van der Waals surface area contributed by atoms with Crippen molar-refractivity contribution >= 4 is 33.1 Å². The smallest absolute Gasteiger partial charge is 0.143 e.